The van der Waals surface area contributed by atoms with Gasteiger partial charge in [0.25, 0.3) is 0 Å². The Morgan fingerprint density at radius 3 is 3.08 bits per heavy atom. The van der Waals surface area contributed by atoms with E-state index in [1.807, 2.05) is 11.3 Å². The number of hydrogen-bond donors (Lipinski definition) is 2. The zero-order valence-electron chi connectivity index (χ0n) is 14.1. The van der Waals surface area contributed by atoms with Gasteiger partial charge in [0.1, 0.15) is 0 Å². The minimum Gasteiger partial charge on any atom is -0.373 e. The van der Waals surface area contributed by atoms with Crippen LogP contribution in [0.4, 0.5) is 4.79 Å². The number of thiophene rings is 1. The van der Waals surface area contributed by atoms with E-state index >= 15 is 0 Å². The van der Waals surface area contributed by atoms with Crippen LogP contribution in [0.15, 0.2) is 17.5 Å². The summed E-state index contributed by atoms with van der Waals surface area (Å²) in [6.45, 7) is 4.07. The van der Waals surface area contributed by atoms with Crippen molar-refractivity contribution in [3.05, 3.63) is 22.4 Å². The van der Waals surface area contributed by atoms with E-state index in [1.54, 1.807) is 0 Å². The minimum atomic E-state index is -0.0217. The van der Waals surface area contributed by atoms with E-state index in [4.69, 9.17) is 4.74 Å². The minimum absolute atomic E-state index is 0.0217. The quantitative estimate of drug-likeness (QED) is 0.859. The maximum atomic E-state index is 12.2. The molecular formula is C18H27N3O2S. The lowest BCUT2D eigenvalue weighted by Gasteiger charge is -2.32. The number of urea groups is 1. The Morgan fingerprint density at radius 2 is 2.33 bits per heavy atom. The Hall–Kier alpha value is -1.11. The lowest BCUT2D eigenvalue weighted by atomic mass is 9.95. The number of hydrogen-bond acceptors (Lipinski definition) is 4. The number of amides is 2. The number of piperidine rings is 1. The first-order chi connectivity index (χ1) is 11.8. The second kappa shape index (κ2) is 7.42. The second-order valence-corrected chi connectivity index (χ2v) is 8.43. The molecular weight excluding hydrogens is 322 g/mol. The van der Waals surface area contributed by atoms with Gasteiger partial charge in [-0.05, 0) is 56.0 Å². The molecule has 3 aliphatic rings. The Balaban J connectivity index is 1.18. The van der Waals surface area contributed by atoms with Gasteiger partial charge in [0.15, 0.2) is 0 Å². The molecule has 2 bridgehead atoms. The fourth-order valence-electron chi connectivity index (χ4n) is 4.33. The number of carbonyl (C=O) groups excluding carboxylic acids is 1. The van der Waals surface area contributed by atoms with Crippen LogP contribution in [0.1, 0.15) is 37.0 Å². The zero-order valence-corrected chi connectivity index (χ0v) is 14.9. The highest BCUT2D eigenvalue weighted by molar-refractivity contribution is 7.09. The lowest BCUT2D eigenvalue weighted by molar-refractivity contribution is 0.0980. The molecule has 4 heterocycles. The molecule has 3 fully saturated rings. The van der Waals surface area contributed by atoms with Crippen LogP contribution in [0, 0.1) is 5.92 Å². The normalized spacial score (nSPS) is 32.8. The maximum absolute atomic E-state index is 12.2. The van der Waals surface area contributed by atoms with Gasteiger partial charge in [-0.2, -0.15) is 0 Å². The molecule has 0 aromatic carbocycles. The van der Waals surface area contributed by atoms with Crippen LogP contribution >= 0.6 is 11.3 Å². The molecule has 6 heteroatoms. The van der Waals surface area contributed by atoms with Crippen LogP contribution in [0.2, 0.25) is 0 Å². The fraction of sp³-hybridized carbons (Fsp3) is 0.722. The molecule has 1 aromatic rings. The molecule has 1 aromatic heterocycles. The monoisotopic (exact) mass is 349 g/mol. The molecule has 0 aliphatic carbocycles. The third kappa shape index (κ3) is 3.92. The van der Waals surface area contributed by atoms with Gasteiger partial charge in [-0.3, -0.25) is 4.90 Å². The van der Waals surface area contributed by atoms with Crippen molar-refractivity contribution in [3.63, 3.8) is 0 Å². The Labute approximate surface area is 147 Å². The van der Waals surface area contributed by atoms with Crippen molar-refractivity contribution in [2.24, 2.45) is 5.92 Å². The third-order valence-electron chi connectivity index (χ3n) is 5.54. The zero-order chi connectivity index (χ0) is 16.4. The predicted molar refractivity (Wildman–Crippen MR) is 95.2 cm³/mol. The van der Waals surface area contributed by atoms with Crippen LogP contribution in [0.3, 0.4) is 0 Å². The first-order valence-electron chi connectivity index (χ1n) is 9.21. The summed E-state index contributed by atoms with van der Waals surface area (Å²) in [5.41, 5.74) is 0. The fourth-order valence-corrected chi connectivity index (χ4v) is 5.08. The standard InChI is InChI=1S/C18H27N3O2S/c22-18(20-16-9-14-5-6-17(16)23-14)19-10-13-3-1-7-21(11-13)12-15-4-2-8-24-15/h2,4,8,13-14,16-17H,1,3,5-7,9-12H2,(H2,19,20,22). The van der Waals surface area contributed by atoms with Crippen LogP contribution in [0.5, 0.6) is 0 Å². The predicted octanol–water partition coefficient (Wildman–Crippen LogP) is 2.58. The summed E-state index contributed by atoms with van der Waals surface area (Å²) in [5, 5.41) is 8.34. The molecule has 4 unspecified atom stereocenters. The Kier molecular flexibility index (Phi) is 5.06. The second-order valence-electron chi connectivity index (χ2n) is 7.39. The van der Waals surface area contributed by atoms with Gasteiger partial charge in [-0.25, -0.2) is 4.79 Å². The van der Waals surface area contributed by atoms with Gasteiger partial charge >= 0.3 is 6.03 Å². The molecule has 4 rings (SSSR count). The van der Waals surface area contributed by atoms with Crippen molar-refractivity contribution in [2.45, 2.75) is 56.9 Å². The van der Waals surface area contributed by atoms with E-state index in [2.05, 4.69) is 33.0 Å². The van der Waals surface area contributed by atoms with Gasteiger partial charge in [0.05, 0.1) is 18.2 Å². The van der Waals surface area contributed by atoms with E-state index < -0.39 is 0 Å². The number of rotatable bonds is 5. The number of nitrogens with zero attached hydrogens (tertiary/aromatic N) is 1. The molecule has 2 N–H and O–H groups in total. The maximum Gasteiger partial charge on any atom is 0.315 e. The topological polar surface area (TPSA) is 53.6 Å². The van der Waals surface area contributed by atoms with Gasteiger partial charge in [-0.1, -0.05) is 6.07 Å². The summed E-state index contributed by atoms with van der Waals surface area (Å²) >= 11 is 1.83. The summed E-state index contributed by atoms with van der Waals surface area (Å²) < 4.78 is 5.80. The van der Waals surface area contributed by atoms with E-state index in [9.17, 15) is 4.79 Å². The molecule has 5 nitrogen and oxygen atoms in total. The Morgan fingerprint density at radius 1 is 1.38 bits per heavy atom. The average Bonchev–Trinajstić information content (AvgIpc) is 3.31. The average molecular weight is 350 g/mol. The smallest absolute Gasteiger partial charge is 0.315 e. The molecule has 0 radical (unpaired) electrons. The summed E-state index contributed by atoms with van der Waals surface area (Å²) in [7, 11) is 0. The molecule has 3 saturated heterocycles. The first kappa shape index (κ1) is 16.4. The molecule has 2 amide bonds. The number of nitrogens with one attached hydrogen (secondary N) is 2. The first-order valence-corrected chi connectivity index (χ1v) is 10.1. The van der Waals surface area contributed by atoms with Crippen molar-refractivity contribution in [1.82, 2.24) is 15.5 Å². The highest BCUT2D eigenvalue weighted by Crippen LogP contribution is 2.34. The van der Waals surface area contributed by atoms with Gasteiger partial charge in [0.2, 0.25) is 0 Å². The highest BCUT2D eigenvalue weighted by atomic mass is 32.1. The van der Waals surface area contributed by atoms with E-state index in [0.717, 1.165) is 38.9 Å². The van der Waals surface area contributed by atoms with Crippen LogP contribution in [-0.4, -0.2) is 48.8 Å². The SMILES string of the molecule is O=C(NCC1CCCN(Cc2cccs2)C1)NC1CC2CCC1O2. The largest absolute Gasteiger partial charge is 0.373 e. The third-order valence-corrected chi connectivity index (χ3v) is 6.40. The molecule has 132 valence electrons. The number of carbonyl (C=O) groups is 1. The summed E-state index contributed by atoms with van der Waals surface area (Å²) in [4.78, 5) is 16.1. The van der Waals surface area contributed by atoms with Crippen LogP contribution in [0.25, 0.3) is 0 Å². The highest BCUT2D eigenvalue weighted by Gasteiger charge is 2.41. The van der Waals surface area contributed by atoms with E-state index in [-0.39, 0.29) is 18.2 Å². The number of fused-ring (bicyclic) bond motifs is 2. The van der Waals surface area contributed by atoms with Crippen LogP contribution < -0.4 is 10.6 Å². The number of likely N-dealkylation sites (tertiary alicyclic amines) is 1. The van der Waals surface area contributed by atoms with Crippen molar-refractivity contribution >= 4 is 17.4 Å². The lowest BCUT2D eigenvalue weighted by Crippen LogP contribution is -2.48. The van der Waals surface area contributed by atoms with Gasteiger partial charge < -0.3 is 15.4 Å². The van der Waals surface area contributed by atoms with Crippen molar-refractivity contribution in [2.75, 3.05) is 19.6 Å². The van der Waals surface area contributed by atoms with Crippen molar-refractivity contribution in [3.8, 4) is 0 Å². The summed E-state index contributed by atoms with van der Waals surface area (Å²) in [5.74, 6) is 0.556. The molecule has 3 aliphatic heterocycles. The molecule has 0 spiro atoms. The van der Waals surface area contributed by atoms with Gasteiger partial charge in [-0.15, -0.1) is 11.3 Å². The van der Waals surface area contributed by atoms with Crippen LogP contribution in [-0.2, 0) is 11.3 Å². The van der Waals surface area contributed by atoms with Gasteiger partial charge in [0, 0.05) is 24.5 Å². The number of ether oxygens (including phenoxy) is 1. The molecule has 24 heavy (non-hydrogen) atoms. The Bertz CT molecular complexity index is 550. The van der Waals surface area contributed by atoms with Crippen molar-refractivity contribution in [1.29, 1.82) is 0 Å². The van der Waals surface area contributed by atoms with Crippen molar-refractivity contribution < 1.29 is 9.53 Å². The van der Waals surface area contributed by atoms with E-state index in [0.29, 0.717) is 12.0 Å². The summed E-state index contributed by atoms with van der Waals surface area (Å²) in [6.07, 6.45) is 6.29. The summed E-state index contributed by atoms with van der Waals surface area (Å²) in [6, 6.07) is 4.52. The molecule has 0 saturated carbocycles. The van der Waals surface area contributed by atoms with E-state index in [1.165, 1.54) is 24.3 Å². The molecule has 4 atom stereocenters.